The zero-order valence-corrected chi connectivity index (χ0v) is 18.8. The highest BCUT2D eigenvalue weighted by Gasteiger charge is 2.04. The van der Waals surface area contributed by atoms with E-state index in [4.69, 9.17) is 4.74 Å². The quantitative estimate of drug-likeness (QED) is 0.403. The Morgan fingerprint density at radius 3 is 2.62 bits per heavy atom. The maximum absolute atomic E-state index is 11.9. The Labute approximate surface area is 183 Å². The van der Waals surface area contributed by atoms with E-state index in [2.05, 4.69) is 31.8 Å². The van der Waals surface area contributed by atoms with E-state index in [9.17, 15) is 9.59 Å². The molecular formula is C21H24BrN3O3S. The standard InChI is InChI=1S/C21H24BrN3O3S/c1-15(2)24-20(26)12-28-19-8-6-16(7-9-19)11-23-25-21(27)14-29-13-17-4-3-5-18(22)10-17/h3-11,15H,12-14H2,1-2H3,(H,24,26)(H,25,27)/b23-11-. The van der Waals surface area contributed by atoms with E-state index in [-0.39, 0.29) is 24.5 Å². The fourth-order valence-electron chi connectivity index (χ4n) is 2.26. The Hall–Kier alpha value is -2.32. The molecule has 0 radical (unpaired) electrons. The average molecular weight is 478 g/mol. The molecule has 0 unspecified atom stereocenters. The monoisotopic (exact) mass is 477 g/mol. The zero-order valence-electron chi connectivity index (χ0n) is 16.4. The Bertz CT molecular complexity index is 841. The van der Waals surface area contributed by atoms with Gasteiger partial charge in [0.25, 0.3) is 5.91 Å². The van der Waals surface area contributed by atoms with Crippen LogP contribution in [0.2, 0.25) is 0 Å². The molecule has 0 spiro atoms. The maximum Gasteiger partial charge on any atom is 0.258 e. The lowest BCUT2D eigenvalue weighted by Crippen LogP contribution is -2.34. The molecule has 0 saturated heterocycles. The van der Waals surface area contributed by atoms with Gasteiger partial charge in [-0.05, 0) is 61.4 Å². The fraction of sp³-hybridized carbons (Fsp3) is 0.286. The molecular weight excluding hydrogens is 454 g/mol. The summed E-state index contributed by atoms with van der Waals surface area (Å²) in [5, 5.41) is 6.73. The van der Waals surface area contributed by atoms with Crippen molar-refractivity contribution in [1.29, 1.82) is 0 Å². The summed E-state index contributed by atoms with van der Waals surface area (Å²) < 4.78 is 6.45. The predicted molar refractivity (Wildman–Crippen MR) is 121 cm³/mol. The van der Waals surface area contributed by atoms with E-state index in [0.29, 0.717) is 11.5 Å². The first-order chi connectivity index (χ1) is 13.9. The molecule has 2 aromatic rings. The van der Waals surface area contributed by atoms with Crippen molar-refractivity contribution in [3.63, 3.8) is 0 Å². The molecule has 2 amide bonds. The number of rotatable bonds is 10. The number of amides is 2. The van der Waals surface area contributed by atoms with Gasteiger partial charge in [-0.2, -0.15) is 5.10 Å². The second-order valence-electron chi connectivity index (χ2n) is 6.50. The Kier molecular flexibility index (Phi) is 9.73. The summed E-state index contributed by atoms with van der Waals surface area (Å²) in [5.41, 5.74) is 4.49. The normalized spacial score (nSPS) is 10.9. The summed E-state index contributed by atoms with van der Waals surface area (Å²) in [5.74, 6) is 1.36. The Balaban J connectivity index is 1.68. The predicted octanol–water partition coefficient (Wildman–Crippen LogP) is 3.74. The second-order valence-corrected chi connectivity index (χ2v) is 8.40. The van der Waals surface area contributed by atoms with Gasteiger partial charge >= 0.3 is 0 Å². The van der Waals surface area contributed by atoms with Crippen LogP contribution in [0.5, 0.6) is 5.75 Å². The summed E-state index contributed by atoms with van der Waals surface area (Å²) in [6.07, 6.45) is 1.56. The number of benzene rings is 2. The molecule has 0 aliphatic carbocycles. The van der Waals surface area contributed by atoms with E-state index in [1.165, 1.54) is 11.8 Å². The summed E-state index contributed by atoms with van der Waals surface area (Å²) >= 11 is 4.96. The summed E-state index contributed by atoms with van der Waals surface area (Å²) in [7, 11) is 0. The van der Waals surface area contributed by atoms with Gasteiger partial charge in [0.05, 0.1) is 12.0 Å². The number of carbonyl (C=O) groups excluding carboxylic acids is 2. The summed E-state index contributed by atoms with van der Waals surface area (Å²) in [6, 6.07) is 15.2. The fourth-order valence-corrected chi connectivity index (χ4v) is 3.48. The zero-order chi connectivity index (χ0) is 21.1. The second kappa shape index (κ2) is 12.3. The molecule has 6 nitrogen and oxygen atoms in total. The van der Waals surface area contributed by atoms with Gasteiger partial charge in [-0.1, -0.05) is 28.1 Å². The Morgan fingerprint density at radius 1 is 1.17 bits per heavy atom. The van der Waals surface area contributed by atoms with Crippen molar-refractivity contribution in [2.75, 3.05) is 12.4 Å². The molecule has 0 aliphatic heterocycles. The van der Waals surface area contributed by atoms with Gasteiger partial charge in [0.1, 0.15) is 5.75 Å². The minimum absolute atomic E-state index is 0.0285. The van der Waals surface area contributed by atoms with Crippen LogP contribution in [0.4, 0.5) is 0 Å². The van der Waals surface area contributed by atoms with Crippen LogP contribution < -0.4 is 15.5 Å². The Morgan fingerprint density at radius 2 is 1.93 bits per heavy atom. The molecule has 0 bridgehead atoms. The molecule has 2 aromatic carbocycles. The lowest BCUT2D eigenvalue weighted by atomic mass is 10.2. The van der Waals surface area contributed by atoms with Crippen molar-refractivity contribution >= 4 is 45.7 Å². The van der Waals surface area contributed by atoms with Crippen LogP contribution in [0, 0.1) is 0 Å². The number of nitrogens with one attached hydrogen (secondary N) is 2. The lowest BCUT2D eigenvalue weighted by molar-refractivity contribution is -0.123. The van der Waals surface area contributed by atoms with Gasteiger partial charge in [-0.15, -0.1) is 11.8 Å². The average Bonchev–Trinajstić information content (AvgIpc) is 2.67. The molecule has 0 fully saturated rings. The van der Waals surface area contributed by atoms with E-state index in [0.717, 1.165) is 21.4 Å². The van der Waals surface area contributed by atoms with E-state index in [1.807, 2.05) is 38.1 Å². The van der Waals surface area contributed by atoms with Crippen molar-refractivity contribution < 1.29 is 14.3 Å². The first-order valence-electron chi connectivity index (χ1n) is 9.08. The molecule has 0 aliphatic rings. The highest BCUT2D eigenvalue weighted by atomic mass is 79.9. The highest BCUT2D eigenvalue weighted by Crippen LogP contribution is 2.16. The van der Waals surface area contributed by atoms with Crippen LogP contribution in [-0.4, -0.2) is 36.4 Å². The van der Waals surface area contributed by atoms with Gasteiger partial charge < -0.3 is 10.1 Å². The molecule has 0 heterocycles. The van der Waals surface area contributed by atoms with E-state index in [1.54, 1.807) is 30.5 Å². The summed E-state index contributed by atoms with van der Waals surface area (Å²) in [6.45, 7) is 3.76. The van der Waals surface area contributed by atoms with Gasteiger partial charge in [-0.3, -0.25) is 9.59 Å². The number of nitrogens with zero attached hydrogens (tertiary/aromatic N) is 1. The van der Waals surface area contributed by atoms with Crippen LogP contribution in [0.25, 0.3) is 0 Å². The topological polar surface area (TPSA) is 79.8 Å². The van der Waals surface area contributed by atoms with Crippen LogP contribution >= 0.6 is 27.7 Å². The van der Waals surface area contributed by atoms with Crippen LogP contribution in [0.1, 0.15) is 25.0 Å². The minimum Gasteiger partial charge on any atom is -0.484 e. The number of carbonyl (C=O) groups is 2. The number of thioether (sulfide) groups is 1. The number of hydrogen-bond donors (Lipinski definition) is 2. The molecule has 0 aromatic heterocycles. The third-order valence-electron chi connectivity index (χ3n) is 3.49. The van der Waals surface area contributed by atoms with Crippen LogP contribution in [0.3, 0.4) is 0 Å². The molecule has 8 heteroatoms. The SMILES string of the molecule is CC(C)NC(=O)COc1ccc(/C=N\NC(=O)CSCc2cccc(Br)c2)cc1. The minimum atomic E-state index is -0.161. The van der Waals surface area contributed by atoms with Crippen molar-refractivity contribution in [2.45, 2.75) is 25.6 Å². The van der Waals surface area contributed by atoms with Crippen LogP contribution in [-0.2, 0) is 15.3 Å². The van der Waals surface area contributed by atoms with Crippen LogP contribution in [0.15, 0.2) is 58.1 Å². The van der Waals surface area contributed by atoms with Crippen molar-refractivity contribution in [3.8, 4) is 5.75 Å². The van der Waals surface area contributed by atoms with Gasteiger partial charge in [0.2, 0.25) is 5.91 Å². The maximum atomic E-state index is 11.9. The molecule has 0 atom stereocenters. The summed E-state index contributed by atoms with van der Waals surface area (Å²) in [4.78, 5) is 23.4. The largest absolute Gasteiger partial charge is 0.484 e. The van der Waals surface area contributed by atoms with Crippen molar-refractivity contribution in [2.24, 2.45) is 5.10 Å². The van der Waals surface area contributed by atoms with Crippen molar-refractivity contribution in [1.82, 2.24) is 10.7 Å². The third-order valence-corrected chi connectivity index (χ3v) is 4.99. The molecule has 154 valence electrons. The van der Waals surface area contributed by atoms with E-state index < -0.39 is 0 Å². The number of ether oxygens (including phenoxy) is 1. The molecule has 29 heavy (non-hydrogen) atoms. The van der Waals surface area contributed by atoms with E-state index >= 15 is 0 Å². The molecule has 2 rings (SSSR count). The molecule has 2 N–H and O–H groups in total. The lowest BCUT2D eigenvalue weighted by Gasteiger charge is -2.09. The number of hydrazone groups is 1. The van der Waals surface area contributed by atoms with Gasteiger partial charge in [-0.25, -0.2) is 5.43 Å². The smallest absolute Gasteiger partial charge is 0.258 e. The van der Waals surface area contributed by atoms with Gasteiger partial charge in [0.15, 0.2) is 6.61 Å². The number of hydrogen-bond acceptors (Lipinski definition) is 5. The molecule has 0 saturated carbocycles. The van der Waals surface area contributed by atoms with Crippen molar-refractivity contribution in [3.05, 3.63) is 64.1 Å². The van der Waals surface area contributed by atoms with Gasteiger partial charge in [0, 0.05) is 16.3 Å². The first-order valence-corrected chi connectivity index (χ1v) is 11.0. The third kappa shape index (κ3) is 9.62. The highest BCUT2D eigenvalue weighted by molar-refractivity contribution is 9.10. The first kappa shape index (κ1) is 23.0. The number of halogens is 1.